The van der Waals surface area contributed by atoms with E-state index in [1.165, 1.54) is 17.5 Å². The lowest BCUT2D eigenvalue weighted by molar-refractivity contribution is 0.110. The van der Waals surface area contributed by atoms with Crippen molar-refractivity contribution in [1.82, 2.24) is 5.32 Å². The number of halogens is 2. The van der Waals surface area contributed by atoms with Gasteiger partial charge in [-0.2, -0.15) is 0 Å². The predicted molar refractivity (Wildman–Crippen MR) is 110 cm³/mol. The zero-order valence-electron chi connectivity index (χ0n) is 15.6. The molecule has 0 radical (unpaired) electrons. The molecule has 1 heterocycles. The minimum absolute atomic E-state index is 0.288. The van der Waals surface area contributed by atoms with Gasteiger partial charge in [0.25, 0.3) is 0 Å². The fourth-order valence-electron chi connectivity index (χ4n) is 3.59. The number of hydrogen-bond acceptors (Lipinski definition) is 3. The van der Waals surface area contributed by atoms with Crippen LogP contribution in [0.3, 0.4) is 0 Å². The molecule has 1 fully saturated rings. The molecule has 4 rings (SSSR count). The van der Waals surface area contributed by atoms with E-state index in [-0.39, 0.29) is 18.5 Å². The number of benzene rings is 3. The van der Waals surface area contributed by atoms with Gasteiger partial charge in [-0.3, -0.25) is 0 Å². The maximum Gasteiger partial charge on any atom is 0.124 e. The Labute approximate surface area is 169 Å². The second-order valence-electron chi connectivity index (χ2n) is 7.05. The Morgan fingerprint density at radius 2 is 2.04 bits per heavy atom. The maximum atomic E-state index is 13.3. The fraction of sp³-hybridized carbons (Fsp3) is 0.304. The van der Waals surface area contributed by atoms with Gasteiger partial charge in [0.1, 0.15) is 18.2 Å². The Bertz CT molecular complexity index is 956. The van der Waals surface area contributed by atoms with Crippen molar-refractivity contribution in [2.24, 2.45) is 0 Å². The van der Waals surface area contributed by atoms with Crippen LogP contribution < -0.4 is 10.1 Å². The van der Waals surface area contributed by atoms with E-state index in [2.05, 4.69) is 23.5 Å². The molecule has 0 bridgehead atoms. The third-order valence-corrected chi connectivity index (χ3v) is 5.45. The third kappa shape index (κ3) is 4.46. The van der Waals surface area contributed by atoms with Gasteiger partial charge < -0.3 is 14.8 Å². The molecule has 1 aliphatic rings. The lowest BCUT2D eigenvalue weighted by Crippen LogP contribution is -2.26. The van der Waals surface area contributed by atoms with E-state index in [0.29, 0.717) is 11.6 Å². The van der Waals surface area contributed by atoms with Crippen LogP contribution in [-0.2, 0) is 17.9 Å². The molecular weight excluding hydrogens is 377 g/mol. The smallest absolute Gasteiger partial charge is 0.124 e. The van der Waals surface area contributed by atoms with E-state index < -0.39 is 0 Å². The van der Waals surface area contributed by atoms with Crippen molar-refractivity contribution in [3.8, 4) is 5.75 Å². The summed E-state index contributed by atoms with van der Waals surface area (Å²) in [6.45, 7) is 2.66. The second kappa shape index (κ2) is 8.91. The summed E-state index contributed by atoms with van der Waals surface area (Å²) in [5, 5.41) is 6.21. The van der Waals surface area contributed by atoms with Crippen LogP contribution in [-0.4, -0.2) is 19.3 Å². The molecule has 3 aromatic carbocycles. The summed E-state index contributed by atoms with van der Waals surface area (Å²) in [6, 6.07) is 16.7. The van der Waals surface area contributed by atoms with Gasteiger partial charge in [-0.1, -0.05) is 48.0 Å². The van der Waals surface area contributed by atoms with E-state index in [9.17, 15) is 4.39 Å². The summed E-state index contributed by atoms with van der Waals surface area (Å²) in [5.41, 5.74) is 1.86. The SMILES string of the molecule is Fc1ccc(COc2ccc3ccccc3c2CNC[C@H]2CCCO2)c(Cl)c1. The van der Waals surface area contributed by atoms with E-state index in [0.717, 1.165) is 48.3 Å². The van der Waals surface area contributed by atoms with Crippen LogP contribution in [0, 0.1) is 5.82 Å². The molecule has 0 amide bonds. The predicted octanol–water partition coefficient (Wildman–Crippen LogP) is 5.48. The Morgan fingerprint density at radius 3 is 2.86 bits per heavy atom. The van der Waals surface area contributed by atoms with Crippen LogP contribution in [0.4, 0.5) is 4.39 Å². The number of ether oxygens (including phenoxy) is 2. The van der Waals surface area contributed by atoms with Crippen molar-refractivity contribution in [2.45, 2.75) is 32.1 Å². The van der Waals surface area contributed by atoms with Gasteiger partial charge in [-0.15, -0.1) is 0 Å². The number of fused-ring (bicyclic) bond motifs is 1. The van der Waals surface area contributed by atoms with Gasteiger partial charge in [0.05, 0.1) is 11.1 Å². The highest BCUT2D eigenvalue weighted by Crippen LogP contribution is 2.29. The summed E-state index contributed by atoms with van der Waals surface area (Å²) in [6.07, 6.45) is 2.53. The zero-order valence-corrected chi connectivity index (χ0v) is 16.3. The van der Waals surface area contributed by atoms with Crippen LogP contribution in [0.25, 0.3) is 10.8 Å². The molecular formula is C23H23ClFNO2. The van der Waals surface area contributed by atoms with Crippen molar-refractivity contribution < 1.29 is 13.9 Å². The maximum absolute atomic E-state index is 13.3. The van der Waals surface area contributed by atoms with Crippen molar-refractivity contribution in [3.63, 3.8) is 0 Å². The molecule has 1 atom stereocenters. The third-order valence-electron chi connectivity index (χ3n) is 5.09. The summed E-state index contributed by atoms with van der Waals surface area (Å²) >= 11 is 6.14. The van der Waals surface area contributed by atoms with Crippen LogP contribution in [0.5, 0.6) is 5.75 Å². The normalized spacial score (nSPS) is 16.6. The Morgan fingerprint density at radius 1 is 1.14 bits per heavy atom. The molecule has 0 aliphatic carbocycles. The monoisotopic (exact) mass is 399 g/mol. The summed E-state index contributed by atoms with van der Waals surface area (Å²) in [5.74, 6) is 0.456. The molecule has 0 unspecified atom stereocenters. The molecule has 146 valence electrons. The molecule has 1 saturated heterocycles. The lowest BCUT2D eigenvalue weighted by Gasteiger charge is -2.17. The standard InChI is InChI=1S/C23H23ClFNO2/c24-22-12-18(25)9-7-17(22)15-28-23-10-8-16-4-1-2-6-20(16)21(23)14-26-13-19-5-3-11-27-19/h1-2,4,6-10,12,19,26H,3,5,11,13-15H2/t19-/m1/s1. The van der Waals surface area contributed by atoms with E-state index in [4.69, 9.17) is 21.1 Å². The second-order valence-corrected chi connectivity index (χ2v) is 7.46. The van der Waals surface area contributed by atoms with Crippen molar-refractivity contribution in [2.75, 3.05) is 13.2 Å². The highest BCUT2D eigenvalue weighted by molar-refractivity contribution is 6.31. The largest absolute Gasteiger partial charge is 0.488 e. The van der Waals surface area contributed by atoms with Gasteiger partial charge in [0, 0.05) is 30.8 Å². The minimum atomic E-state index is -0.349. The minimum Gasteiger partial charge on any atom is -0.488 e. The number of nitrogens with one attached hydrogen (secondary N) is 1. The molecule has 3 aromatic rings. The average molecular weight is 400 g/mol. The van der Waals surface area contributed by atoms with Crippen LogP contribution in [0.15, 0.2) is 54.6 Å². The first-order valence-electron chi connectivity index (χ1n) is 9.60. The summed E-state index contributed by atoms with van der Waals surface area (Å²) in [7, 11) is 0. The Balaban J connectivity index is 1.53. The first kappa shape index (κ1) is 19.2. The Kier molecular flexibility index (Phi) is 6.10. The first-order valence-corrected chi connectivity index (χ1v) is 9.98. The highest BCUT2D eigenvalue weighted by Gasteiger charge is 2.16. The first-order chi connectivity index (χ1) is 13.7. The van der Waals surface area contributed by atoms with Gasteiger partial charge in [-0.05, 0) is 41.8 Å². The van der Waals surface area contributed by atoms with Crippen molar-refractivity contribution in [3.05, 3.63) is 76.6 Å². The molecule has 0 saturated carbocycles. The van der Waals surface area contributed by atoms with Gasteiger partial charge in [0.15, 0.2) is 0 Å². The molecule has 28 heavy (non-hydrogen) atoms. The fourth-order valence-corrected chi connectivity index (χ4v) is 3.81. The van der Waals surface area contributed by atoms with E-state index in [1.54, 1.807) is 6.07 Å². The van der Waals surface area contributed by atoms with Gasteiger partial charge in [-0.25, -0.2) is 4.39 Å². The number of rotatable bonds is 7. The number of hydrogen-bond donors (Lipinski definition) is 1. The molecule has 0 spiro atoms. The lowest BCUT2D eigenvalue weighted by atomic mass is 10.0. The van der Waals surface area contributed by atoms with Crippen molar-refractivity contribution in [1.29, 1.82) is 0 Å². The molecule has 1 aliphatic heterocycles. The summed E-state index contributed by atoms with van der Waals surface area (Å²) < 4.78 is 25.1. The van der Waals surface area contributed by atoms with E-state index >= 15 is 0 Å². The van der Waals surface area contributed by atoms with E-state index in [1.807, 2.05) is 18.2 Å². The van der Waals surface area contributed by atoms with Crippen LogP contribution in [0.1, 0.15) is 24.0 Å². The van der Waals surface area contributed by atoms with Gasteiger partial charge >= 0.3 is 0 Å². The van der Waals surface area contributed by atoms with Crippen LogP contribution in [0.2, 0.25) is 5.02 Å². The molecule has 3 nitrogen and oxygen atoms in total. The molecule has 1 N–H and O–H groups in total. The Hall–Kier alpha value is -2.14. The summed E-state index contributed by atoms with van der Waals surface area (Å²) in [4.78, 5) is 0. The highest BCUT2D eigenvalue weighted by atomic mass is 35.5. The quantitative estimate of drug-likeness (QED) is 0.570. The molecule has 5 heteroatoms. The van der Waals surface area contributed by atoms with Crippen molar-refractivity contribution >= 4 is 22.4 Å². The average Bonchev–Trinajstić information content (AvgIpc) is 3.21. The topological polar surface area (TPSA) is 30.5 Å². The van der Waals surface area contributed by atoms with Crippen LogP contribution >= 0.6 is 11.6 Å². The molecule has 0 aromatic heterocycles. The van der Waals surface area contributed by atoms with Gasteiger partial charge in [0.2, 0.25) is 0 Å². The zero-order chi connectivity index (χ0) is 19.3.